The molecule has 32 heavy (non-hydrogen) atoms. The van der Waals surface area contributed by atoms with Crippen molar-refractivity contribution in [3.05, 3.63) is 69.9 Å². The minimum Gasteiger partial charge on any atom is -0.378 e. The smallest absolute Gasteiger partial charge is 0.318 e. The Morgan fingerprint density at radius 1 is 1.12 bits per heavy atom. The molecule has 1 atom stereocenters. The van der Waals surface area contributed by atoms with E-state index in [-0.39, 0.29) is 12.1 Å². The van der Waals surface area contributed by atoms with Gasteiger partial charge < -0.3 is 19.7 Å². The zero-order valence-corrected chi connectivity index (χ0v) is 20.0. The van der Waals surface area contributed by atoms with E-state index in [1.807, 2.05) is 11.3 Å². The Labute approximate surface area is 194 Å². The van der Waals surface area contributed by atoms with Crippen molar-refractivity contribution >= 4 is 23.1 Å². The molecule has 2 aromatic heterocycles. The summed E-state index contributed by atoms with van der Waals surface area (Å²) in [5.41, 5.74) is 6.31. The van der Waals surface area contributed by atoms with E-state index in [9.17, 15) is 4.79 Å². The monoisotopic (exact) mass is 448 g/mol. The lowest BCUT2D eigenvalue weighted by Gasteiger charge is -2.31. The van der Waals surface area contributed by atoms with Crippen LogP contribution in [-0.2, 0) is 19.4 Å². The van der Waals surface area contributed by atoms with Crippen LogP contribution in [0.2, 0.25) is 0 Å². The molecule has 5 rings (SSSR count). The van der Waals surface area contributed by atoms with Gasteiger partial charge in [0.1, 0.15) is 5.00 Å². The molecule has 0 fully saturated rings. The standard InChI is InChI=1S/C26H32N4OS/c1-4-15-27-26(31)30-17-21-20-8-5-6-10-23(20)32-25(21)29-16-7-9-22(29)24(30)18-11-13-19(14-12-18)28(2)3/h7,9,11-14,16,24H,4-6,8,10,15,17H2,1-3H3,(H,27,31). The highest BCUT2D eigenvalue weighted by atomic mass is 32.1. The van der Waals surface area contributed by atoms with Gasteiger partial charge in [0.05, 0.1) is 18.3 Å². The topological polar surface area (TPSA) is 40.5 Å². The van der Waals surface area contributed by atoms with Crippen molar-refractivity contribution in [2.24, 2.45) is 0 Å². The van der Waals surface area contributed by atoms with Crippen LogP contribution in [0.5, 0.6) is 0 Å². The Kier molecular flexibility index (Phi) is 5.72. The van der Waals surface area contributed by atoms with Crippen molar-refractivity contribution in [1.29, 1.82) is 0 Å². The van der Waals surface area contributed by atoms with Crippen molar-refractivity contribution in [2.75, 3.05) is 25.5 Å². The first kappa shape index (κ1) is 21.1. The fourth-order valence-electron chi connectivity index (χ4n) is 5.03. The third-order valence-electron chi connectivity index (χ3n) is 6.69. The van der Waals surface area contributed by atoms with Crippen molar-refractivity contribution in [3.8, 4) is 5.00 Å². The van der Waals surface area contributed by atoms with Gasteiger partial charge >= 0.3 is 6.03 Å². The maximum Gasteiger partial charge on any atom is 0.318 e. The number of fused-ring (bicyclic) bond motifs is 5. The minimum absolute atomic E-state index is 0.0184. The van der Waals surface area contributed by atoms with Crippen LogP contribution in [0, 0.1) is 0 Å². The van der Waals surface area contributed by atoms with E-state index in [0.29, 0.717) is 13.1 Å². The van der Waals surface area contributed by atoms with Gasteiger partial charge in [-0.05, 0) is 67.5 Å². The summed E-state index contributed by atoms with van der Waals surface area (Å²) in [7, 11) is 4.11. The van der Waals surface area contributed by atoms with Crippen molar-refractivity contribution < 1.29 is 4.79 Å². The van der Waals surface area contributed by atoms with Gasteiger partial charge in [-0.2, -0.15) is 0 Å². The number of hydrogen-bond donors (Lipinski definition) is 1. The van der Waals surface area contributed by atoms with Gasteiger partial charge in [0.25, 0.3) is 0 Å². The molecule has 0 saturated heterocycles. The largest absolute Gasteiger partial charge is 0.378 e. The second-order valence-corrected chi connectivity index (χ2v) is 10.1. The SMILES string of the molecule is CCCNC(=O)N1Cc2c(sc3c2CCCC3)-n2cccc2C1c1ccc(N(C)C)cc1. The van der Waals surface area contributed by atoms with Crippen LogP contribution in [0.25, 0.3) is 5.00 Å². The number of urea groups is 1. The molecular weight excluding hydrogens is 416 g/mol. The molecule has 1 aliphatic carbocycles. The predicted molar refractivity (Wildman–Crippen MR) is 132 cm³/mol. The Balaban J connectivity index is 1.65. The second kappa shape index (κ2) is 8.66. The average Bonchev–Trinajstić information content (AvgIpc) is 3.39. The molecule has 0 radical (unpaired) electrons. The number of nitrogens with one attached hydrogen (secondary N) is 1. The highest BCUT2D eigenvalue weighted by molar-refractivity contribution is 7.15. The lowest BCUT2D eigenvalue weighted by molar-refractivity contribution is 0.180. The first-order chi connectivity index (χ1) is 15.6. The van der Waals surface area contributed by atoms with Gasteiger partial charge in [0, 0.05) is 43.0 Å². The molecule has 0 saturated carbocycles. The third-order valence-corrected chi connectivity index (χ3v) is 8.02. The van der Waals surface area contributed by atoms with E-state index < -0.39 is 0 Å². The zero-order valence-electron chi connectivity index (χ0n) is 19.2. The normalized spacial score (nSPS) is 17.2. The Hall–Kier alpha value is -2.73. The molecular formula is C26H32N4OS. The van der Waals surface area contributed by atoms with Crippen LogP contribution in [-0.4, -0.2) is 36.1 Å². The zero-order chi connectivity index (χ0) is 22.2. The highest BCUT2D eigenvalue weighted by Crippen LogP contribution is 2.44. The van der Waals surface area contributed by atoms with Gasteiger partial charge in [-0.15, -0.1) is 11.3 Å². The van der Waals surface area contributed by atoms with Gasteiger partial charge in [-0.3, -0.25) is 0 Å². The number of rotatable bonds is 4. The molecule has 168 valence electrons. The van der Waals surface area contributed by atoms with Gasteiger partial charge in [0.2, 0.25) is 0 Å². The molecule has 6 heteroatoms. The summed E-state index contributed by atoms with van der Waals surface area (Å²) in [5.74, 6) is 0. The molecule has 1 aliphatic heterocycles. The molecule has 3 aromatic rings. The highest BCUT2D eigenvalue weighted by Gasteiger charge is 2.35. The maximum absolute atomic E-state index is 13.5. The quantitative estimate of drug-likeness (QED) is 0.572. The number of anilines is 1. The van der Waals surface area contributed by atoms with E-state index in [1.165, 1.54) is 40.3 Å². The van der Waals surface area contributed by atoms with Crippen LogP contribution >= 0.6 is 11.3 Å². The minimum atomic E-state index is -0.128. The number of carbonyl (C=O) groups is 1. The van der Waals surface area contributed by atoms with Crippen LogP contribution in [0.15, 0.2) is 42.6 Å². The number of hydrogen-bond acceptors (Lipinski definition) is 3. The van der Waals surface area contributed by atoms with Crippen LogP contribution in [0.4, 0.5) is 10.5 Å². The summed E-state index contributed by atoms with van der Waals surface area (Å²) >= 11 is 1.93. The summed E-state index contributed by atoms with van der Waals surface area (Å²) in [6.07, 6.45) is 7.91. The molecule has 0 spiro atoms. The second-order valence-electron chi connectivity index (χ2n) is 9.05. The predicted octanol–water partition coefficient (Wildman–Crippen LogP) is 5.51. The third kappa shape index (κ3) is 3.60. The molecule has 0 bridgehead atoms. The number of benzene rings is 1. The van der Waals surface area contributed by atoms with Crippen LogP contribution in [0.3, 0.4) is 0 Å². The summed E-state index contributed by atoms with van der Waals surface area (Å²) in [6, 6.07) is 12.8. The Morgan fingerprint density at radius 3 is 2.66 bits per heavy atom. The van der Waals surface area contributed by atoms with E-state index in [2.05, 4.69) is 83.3 Å². The molecule has 3 heterocycles. The summed E-state index contributed by atoms with van der Waals surface area (Å²) < 4.78 is 2.34. The number of amides is 2. The molecule has 5 nitrogen and oxygen atoms in total. The lowest BCUT2D eigenvalue weighted by atomic mass is 9.95. The Morgan fingerprint density at radius 2 is 1.91 bits per heavy atom. The number of aryl methyl sites for hydroxylation is 1. The first-order valence-electron chi connectivity index (χ1n) is 11.7. The number of aromatic nitrogens is 1. The van der Waals surface area contributed by atoms with Crippen molar-refractivity contribution in [1.82, 2.24) is 14.8 Å². The van der Waals surface area contributed by atoms with E-state index in [1.54, 1.807) is 0 Å². The van der Waals surface area contributed by atoms with Crippen LogP contribution in [0.1, 0.15) is 59.5 Å². The number of nitrogens with zero attached hydrogens (tertiary/aromatic N) is 3. The van der Waals surface area contributed by atoms with Gasteiger partial charge in [-0.25, -0.2) is 4.79 Å². The van der Waals surface area contributed by atoms with E-state index >= 15 is 0 Å². The summed E-state index contributed by atoms with van der Waals surface area (Å²) in [4.78, 5) is 19.2. The number of carbonyl (C=O) groups excluding carboxylic acids is 1. The fourth-order valence-corrected chi connectivity index (χ4v) is 6.43. The summed E-state index contributed by atoms with van der Waals surface area (Å²) in [6.45, 7) is 3.44. The van der Waals surface area contributed by atoms with Crippen LogP contribution < -0.4 is 10.2 Å². The van der Waals surface area contributed by atoms with E-state index in [0.717, 1.165) is 29.8 Å². The Bertz CT molecular complexity index is 1110. The van der Waals surface area contributed by atoms with E-state index in [4.69, 9.17) is 0 Å². The molecule has 1 unspecified atom stereocenters. The fraction of sp³-hybridized carbons (Fsp3) is 0.423. The molecule has 2 aliphatic rings. The molecule has 1 aromatic carbocycles. The number of thiophene rings is 1. The maximum atomic E-state index is 13.5. The van der Waals surface area contributed by atoms with Crippen molar-refractivity contribution in [2.45, 2.75) is 51.6 Å². The van der Waals surface area contributed by atoms with Gasteiger partial charge in [-0.1, -0.05) is 19.1 Å². The lowest BCUT2D eigenvalue weighted by Crippen LogP contribution is -2.42. The average molecular weight is 449 g/mol. The van der Waals surface area contributed by atoms with Crippen molar-refractivity contribution in [3.63, 3.8) is 0 Å². The summed E-state index contributed by atoms with van der Waals surface area (Å²) in [5, 5.41) is 4.46. The molecule has 2 amide bonds. The first-order valence-corrected chi connectivity index (χ1v) is 12.5. The van der Waals surface area contributed by atoms with Gasteiger partial charge in [0.15, 0.2) is 0 Å². The molecule has 1 N–H and O–H groups in total.